The van der Waals surface area contributed by atoms with Crippen molar-refractivity contribution in [2.45, 2.75) is 4.90 Å². The number of hydrogen-bond acceptors (Lipinski definition) is 5. The zero-order chi connectivity index (χ0) is 14.0. The molecule has 1 amide bonds. The van der Waals surface area contributed by atoms with Crippen molar-refractivity contribution in [2.24, 2.45) is 0 Å². The Morgan fingerprint density at radius 3 is 2.68 bits per heavy atom. The van der Waals surface area contributed by atoms with Gasteiger partial charge in [0.25, 0.3) is 0 Å². The highest BCUT2D eigenvalue weighted by Crippen LogP contribution is 2.29. The molecule has 0 aliphatic carbocycles. The van der Waals surface area contributed by atoms with E-state index in [0.717, 1.165) is 17.6 Å². The number of benzene rings is 1. The topological polar surface area (TPSA) is 96.4 Å². The Labute approximate surface area is 113 Å². The number of aromatic nitrogens is 1. The number of thiazole rings is 1. The average Bonchev–Trinajstić information content (AvgIpc) is 2.75. The van der Waals surface area contributed by atoms with Gasteiger partial charge in [-0.3, -0.25) is 5.32 Å². The van der Waals surface area contributed by atoms with Gasteiger partial charge in [-0.1, -0.05) is 18.2 Å². The maximum absolute atomic E-state index is 11.7. The molecule has 0 aliphatic rings. The van der Waals surface area contributed by atoms with Crippen LogP contribution < -0.4 is 5.32 Å². The minimum atomic E-state index is -3.37. The Morgan fingerprint density at radius 1 is 1.37 bits per heavy atom. The fraction of sp³-hybridized carbons (Fsp3) is 0.0909. The van der Waals surface area contributed by atoms with E-state index in [1.165, 1.54) is 6.07 Å². The first kappa shape index (κ1) is 13.5. The molecule has 2 aromatic rings. The number of nitrogens with one attached hydrogen (secondary N) is 1. The van der Waals surface area contributed by atoms with Crippen LogP contribution in [-0.4, -0.2) is 30.9 Å². The monoisotopic (exact) mass is 298 g/mol. The summed E-state index contributed by atoms with van der Waals surface area (Å²) in [4.78, 5) is 14.7. The zero-order valence-electron chi connectivity index (χ0n) is 9.82. The van der Waals surface area contributed by atoms with Crippen molar-refractivity contribution < 1.29 is 18.3 Å². The molecule has 2 rings (SSSR count). The molecular formula is C11H10N2O4S2. The van der Waals surface area contributed by atoms with E-state index in [-0.39, 0.29) is 10.0 Å². The van der Waals surface area contributed by atoms with Crippen LogP contribution in [0.5, 0.6) is 0 Å². The molecule has 0 fully saturated rings. The van der Waals surface area contributed by atoms with Gasteiger partial charge >= 0.3 is 6.09 Å². The molecule has 0 saturated heterocycles. The molecule has 2 N–H and O–H groups in total. The van der Waals surface area contributed by atoms with Crippen LogP contribution in [0.3, 0.4) is 0 Å². The van der Waals surface area contributed by atoms with Crippen LogP contribution in [0.15, 0.2) is 34.5 Å². The average molecular weight is 298 g/mol. The molecule has 0 radical (unpaired) electrons. The predicted molar refractivity (Wildman–Crippen MR) is 72.3 cm³/mol. The van der Waals surface area contributed by atoms with Crippen molar-refractivity contribution in [3.8, 4) is 11.3 Å². The Kier molecular flexibility index (Phi) is 3.54. The number of anilines is 1. The van der Waals surface area contributed by atoms with Gasteiger partial charge in [-0.05, 0) is 6.07 Å². The standard InChI is InChI=1S/C11H10N2O4S2/c1-19(16,17)9-5-3-2-4-7(9)8-6-18-10(12-8)13-11(14)15/h2-6H,1H3,(H,12,13)(H,14,15). The predicted octanol–water partition coefficient (Wildman–Crippen LogP) is 2.30. The molecule has 0 saturated carbocycles. The number of hydrogen-bond donors (Lipinski definition) is 2. The number of sulfone groups is 1. The lowest BCUT2D eigenvalue weighted by atomic mass is 10.2. The second kappa shape index (κ2) is 4.98. The number of carbonyl (C=O) groups is 1. The van der Waals surface area contributed by atoms with Crippen LogP contribution >= 0.6 is 11.3 Å². The lowest BCUT2D eigenvalue weighted by Crippen LogP contribution is -2.06. The van der Waals surface area contributed by atoms with Crippen LogP contribution in [0.1, 0.15) is 0 Å². The summed E-state index contributed by atoms with van der Waals surface area (Å²) in [6, 6.07) is 6.46. The van der Waals surface area contributed by atoms with Crippen molar-refractivity contribution in [1.29, 1.82) is 0 Å². The summed E-state index contributed by atoms with van der Waals surface area (Å²) >= 11 is 1.09. The quantitative estimate of drug-likeness (QED) is 0.906. The molecular weight excluding hydrogens is 288 g/mol. The third-order valence-electron chi connectivity index (χ3n) is 2.28. The van der Waals surface area contributed by atoms with E-state index in [9.17, 15) is 13.2 Å². The number of nitrogens with zero attached hydrogens (tertiary/aromatic N) is 1. The number of carboxylic acid groups (broad SMARTS) is 1. The summed E-state index contributed by atoms with van der Waals surface area (Å²) in [7, 11) is -3.37. The van der Waals surface area contributed by atoms with Crippen LogP contribution in [-0.2, 0) is 9.84 Å². The number of amides is 1. The molecule has 0 atom stereocenters. The Balaban J connectivity index is 2.48. The summed E-state index contributed by atoms with van der Waals surface area (Å²) in [5.41, 5.74) is 0.884. The smallest absolute Gasteiger partial charge is 0.410 e. The molecule has 6 nitrogen and oxygen atoms in total. The van der Waals surface area contributed by atoms with E-state index in [0.29, 0.717) is 11.3 Å². The van der Waals surface area contributed by atoms with Gasteiger partial charge in [0.2, 0.25) is 0 Å². The van der Waals surface area contributed by atoms with Gasteiger partial charge in [-0.25, -0.2) is 18.2 Å². The van der Waals surface area contributed by atoms with Crippen molar-refractivity contribution >= 4 is 32.4 Å². The van der Waals surface area contributed by atoms with Gasteiger partial charge in [0.05, 0.1) is 10.6 Å². The van der Waals surface area contributed by atoms with Gasteiger partial charge in [-0.15, -0.1) is 11.3 Å². The third kappa shape index (κ3) is 3.09. The summed E-state index contributed by atoms with van der Waals surface area (Å²) in [5, 5.41) is 12.5. The normalized spacial score (nSPS) is 11.2. The summed E-state index contributed by atoms with van der Waals surface area (Å²) in [5.74, 6) is 0. The molecule has 0 spiro atoms. The minimum Gasteiger partial charge on any atom is -0.465 e. The first-order chi connectivity index (χ1) is 8.88. The van der Waals surface area contributed by atoms with E-state index >= 15 is 0 Å². The van der Waals surface area contributed by atoms with Gasteiger partial charge < -0.3 is 5.11 Å². The summed E-state index contributed by atoms with van der Waals surface area (Å²) in [6.07, 6.45) is -0.0912. The van der Waals surface area contributed by atoms with Crippen LogP contribution in [0.4, 0.5) is 9.93 Å². The van der Waals surface area contributed by atoms with Crippen LogP contribution in [0.25, 0.3) is 11.3 Å². The summed E-state index contributed by atoms with van der Waals surface area (Å²) < 4.78 is 23.4. The second-order valence-electron chi connectivity index (χ2n) is 3.74. The maximum Gasteiger partial charge on any atom is 0.410 e. The Hall–Kier alpha value is -1.93. The highest BCUT2D eigenvalue weighted by Gasteiger charge is 2.16. The number of rotatable bonds is 3. The molecule has 1 heterocycles. The van der Waals surface area contributed by atoms with E-state index in [4.69, 9.17) is 5.11 Å². The van der Waals surface area contributed by atoms with E-state index in [2.05, 4.69) is 10.3 Å². The SMILES string of the molecule is CS(=O)(=O)c1ccccc1-c1csc(NC(=O)O)n1. The van der Waals surface area contributed by atoms with Gasteiger partial charge in [0.1, 0.15) is 0 Å². The third-order valence-corrected chi connectivity index (χ3v) is 4.19. The first-order valence-electron chi connectivity index (χ1n) is 5.13. The van der Waals surface area contributed by atoms with Gasteiger partial charge in [-0.2, -0.15) is 0 Å². The Morgan fingerprint density at radius 2 is 2.05 bits per heavy atom. The zero-order valence-corrected chi connectivity index (χ0v) is 11.5. The molecule has 0 unspecified atom stereocenters. The molecule has 1 aromatic heterocycles. The minimum absolute atomic E-state index is 0.169. The second-order valence-corrected chi connectivity index (χ2v) is 6.58. The maximum atomic E-state index is 11.7. The highest BCUT2D eigenvalue weighted by atomic mass is 32.2. The lowest BCUT2D eigenvalue weighted by Gasteiger charge is -2.04. The fourth-order valence-corrected chi connectivity index (χ4v) is 3.15. The van der Waals surface area contributed by atoms with Gasteiger partial charge in [0, 0.05) is 17.2 Å². The molecule has 1 aromatic carbocycles. The van der Waals surface area contributed by atoms with E-state index < -0.39 is 15.9 Å². The van der Waals surface area contributed by atoms with E-state index in [1.807, 2.05) is 0 Å². The van der Waals surface area contributed by atoms with Crippen LogP contribution in [0.2, 0.25) is 0 Å². The van der Waals surface area contributed by atoms with Crippen molar-refractivity contribution in [1.82, 2.24) is 4.98 Å². The molecule has 0 aliphatic heterocycles. The summed E-state index contributed by atoms with van der Waals surface area (Å²) in [6.45, 7) is 0. The van der Waals surface area contributed by atoms with Crippen molar-refractivity contribution in [2.75, 3.05) is 11.6 Å². The van der Waals surface area contributed by atoms with Crippen molar-refractivity contribution in [3.05, 3.63) is 29.6 Å². The molecule has 8 heteroatoms. The van der Waals surface area contributed by atoms with Crippen LogP contribution in [0, 0.1) is 0 Å². The Bertz CT molecular complexity index is 722. The largest absolute Gasteiger partial charge is 0.465 e. The van der Waals surface area contributed by atoms with E-state index in [1.54, 1.807) is 23.6 Å². The molecule has 100 valence electrons. The fourth-order valence-electron chi connectivity index (χ4n) is 1.55. The first-order valence-corrected chi connectivity index (χ1v) is 7.90. The highest BCUT2D eigenvalue weighted by molar-refractivity contribution is 7.90. The molecule has 0 bridgehead atoms. The molecule has 19 heavy (non-hydrogen) atoms. The lowest BCUT2D eigenvalue weighted by molar-refractivity contribution is 0.209. The van der Waals surface area contributed by atoms with Crippen molar-refractivity contribution in [3.63, 3.8) is 0 Å². The van der Waals surface area contributed by atoms with Gasteiger partial charge in [0.15, 0.2) is 15.0 Å².